The monoisotopic (exact) mass is 277 g/mol. The first-order valence-corrected chi connectivity index (χ1v) is 7.20. The van der Waals surface area contributed by atoms with E-state index in [1.807, 2.05) is 43.3 Å². The first-order chi connectivity index (χ1) is 9.43. The number of carbonyl (C=O) groups excluding carboxylic acids is 1. The number of para-hydroxylation sites is 2. The zero-order chi connectivity index (χ0) is 15.1. The Morgan fingerprint density at radius 3 is 2.50 bits per heavy atom. The van der Waals surface area contributed by atoms with Gasteiger partial charge in [0.1, 0.15) is 0 Å². The summed E-state index contributed by atoms with van der Waals surface area (Å²) < 4.78 is 0. The predicted octanol–water partition coefficient (Wildman–Crippen LogP) is 2.70. The van der Waals surface area contributed by atoms with Crippen LogP contribution in [0.15, 0.2) is 24.3 Å². The summed E-state index contributed by atoms with van der Waals surface area (Å²) in [6.07, 6.45) is 1.47. The summed E-state index contributed by atoms with van der Waals surface area (Å²) in [5.74, 6) is 0.849. The van der Waals surface area contributed by atoms with Gasteiger partial charge in [-0.2, -0.15) is 0 Å². The second-order valence-electron chi connectivity index (χ2n) is 5.90. The number of amides is 1. The van der Waals surface area contributed by atoms with Crippen LogP contribution in [0.1, 0.15) is 26.7 Å². The minimum absolute atomic E-state index is 0.0374. The van der Waals surface area contributed by atoms with Crippen molar-refractivity contribution in [3.8, 4) is 0 Å². The summed E-state index contributed by atoms with van der Waals surface area (Å²) in [6, 6.07) is 7.81. The van der Waals surface area contributed by atoms with Crippen molar-refractivity contribution in [1.29, 1.82) is 0 Å². The zero-order valence-corrected chi connectivity index (χ0v) is 13.0. The van der Waals surface area contributed by atoms with Crippen molar-refractivity contribution < 1.29 is 4.79 Å². The van der Waals surface area contributed by atoms with E-state index in [2.05, 4.69) is 19.2 Å². The molecular formula is C16H27N3O. The fraction of sp³-hybridized carbons (Fsp3) is 0.562. The molecule has 1 aromatic rings. The third kappa shape index (κ3) is 5.21. The van der Waals surface area contributed by atoms with Crippen LogP contribution in [0.25, 0.3) is 0 Å². The van der Waals surface area contributed by atoms with E-state index in [0.29, 0.717) is 18.9 Å². The number of rotatable bonds is 7. The summed E-state index contributed by atoms with van der Waals surface area (Å²) in [5.41, 5.74) is 7.61. The van der Waals surface area contributed by atoms with Gasteiger partial charge >= 0.3 is 0 Å². The summed E-state index contributed by atoms with van der Waals surface area (Å²) in [5, 5.41) is 2.99. The van der Waals surface area contributed by atoms with E-state index in [1.165, 1.54) is 0 Å². The van der Waals surface area contributed by atoms with Gasteiger partial charge in [0.2, 0.25) is 5.91 Å². The van der Waals surface area contributed by atoms with E-state index in [0.717, 1.165) is 17.8 Å². The maximum atomic E-state index is 12.2. The largest absolute Gasteiger partial charge is 0.376 e. The molecular weight excluding hydrogens is 250 g/mol. The molecule has 0 aromatic heterocycles. The van der Waals surface area contributed by atoms with Gasteiger partial charge in [0.05, 0.1) is 11.4 Å². The number of nitrogens with zero attached hydrogens (tertiary/aromatic N) is 1. The average Bonchev–Trinajstić information content (AvgIpc) is 2.37. The average molecular weight is 277 g/mol. The lowest BCUT2D eigenvalue weighted by Crippen LogP contribution is -2.24. The molecule has 0 heterocycles. The van der Waals surface area contributed by atoms with Crippen molar-refractivity contribution in [3.63, 3.8) is 0 Å². The van der Waals surface area contributed by atoms with Crippen molar-refractivity contribution >= 4 is 17.3 Å². The van der Waals surface area contributed by atoms with E-state index in [9.17, 15) is 4.79 Å². The molecule has 0 aliphatic rings. The second kappa shape index (κ2) is 7.90. The lowest BCUT2D eigenvalue weighted by Gasteiger charge is -2.20. The molecule has 0 saturated carbocycles. The second-order valence-corrected chi connectivity index (χ2v) is 5.90. The number of anilines is 2. The van der Waals surface area contributed by atoms with Gasteiger partial charge in [-0.05, 0) is 36.9 Å². The summed E-state index contributed by atoms with van der Waals surface area (Å²) >= 11 is 0. The molecule has 4 nitrogen and oxygen atoms in total. The lowest BCUT2D eigenvalue weighted by molar-refractivity contribution is -0.117. The van der Waals surface area contributed by atoms with Gasteiger partial charge in [-0.3, -0.25) is 4.79 Å². The highest BCUT2D eigenvalue weighted by molar-refractivity contribution is 5.94. The molecule has 1 atom stereocenters. The maximum absolute atomic E-state index is 12.2. The van der Waals surface area contributed by atoms with Crippen LogP contribution in [0.3, 0.4) is 0 Å². The van der Waals surface area contributed by atoms with Gasteiger partial charge in [0, 0.05) is 20.5 Å². The maximum Gasteiger partial charge on any atom is 0.224 e. The van der Waals surface area contributed by atoms with Crippen LogP contribution >= 0.6 is 0 Å². The van der Waals surface area contributed by atoms with Crippen LogP contribution in [0.5, 0.6) is 0 Å². The Hall–Kier alpha value is -1.55. The van der Waals surface area contributed by atoms with Crippen molar-refractivity contribution in [2.24, 2.45) is 17.6 Å². The molecule has 0 radical (unpaired) electrons. The Balaban J connectivity index is 2.66. The Bertz CT molecular complexity index is 429. The van der Waals surface area contributed by atoms with Gasteiger partial charge < -0.3 is 16.0 Å². The molecule has 0 aliphatic carbocycles. The molecule has 4 heteroatoms. The summed E-state index contributed by atoms with van der Waals surface area (Å²) in [6.45, 7) is 4.87. The molecule has 3 N–H and O–H groups in total. The van der Waals surface area contributed by atoms with Crippen molar-refractivity contribution in [3.05, 3.63) is 24.3 Å². The Morgan fingerprint density at radius 2 is 1.95 bits per heavy atom. The van der Waals surface area contributed by atoms with Crippen molar-refractivity contribution in [2.45, 2.75) is 26.7 Å². The van der Waals surface area contributed by atoms with Gasteiger partial charge in [0.15, 0.2) is 0 Å². The van der Waals surface area contributed by atoms with Crippen LogP contribution in [0.2, 0.25) is 0 Å². The van der Waals surface area contributed by atoms with Crippen molar-refractivity contribution in [1.82, 2.24) is 0 Å². The minimum atomic E-state index is 0.0374. The third-order valence-corrected chi connectivity index (χ3v) is 3.27. The van der Waals surface area contributed by atoms with Crippen LogP contribution < -0.4 is 16.0 Å². The van der Waals surface area contributed by atoms with Gasteiger partial charge in [-0.25, -0.2) is 0 Å². The van der Waals surface area contributed by atoms with Gasteiger partial charge in [-0.15, -0.1) is 0 Å². The highest BCUT2D eigenvalue weighted by Crippen LogP contribution is 2.24. The molecule has 112 valence electrons. The SMILES string of the molecule is CC(C)C[C@H](CN)CC(=O)Nc1ccccc1N(C)C. The molecule has 0 aliphatic heterocycles. The topological polar surface area (TPSA) is 58.4 Å². The number of carbonyl (C=O) groups is 1. The van der Waals surface area contributed by atoms with E-state index in [4.69, 9.17) is 5.73 Å². The number of nitrogens with one attached hydrogen (secondary N) is 1. The van der Waals surface area contributed by atoms with E-state index >= 15 is 0 Å². The van der Waals surface area contributed by atoms with E-state index in [-0.39, 0.29) is 11.8 Å². The molecule has 0 unspecified atom stereocenters. The quantitative estimate of drug-likeness (QED) is 0.805. The number of nitrogens with two attached hydrogens (primary N) is 1. The van der Waals surface area contributed by atoms with Crippen molar-refractivity contribution in [2.75, 3.05) is 30.9 Å². The number of benzene rings is 1. The molecule has 1 amide bonds. The van der Waals surface area contributed by atoms with Gasteiger partial charge in [0.25, 0.3) is 0 Å². The Labute approximate surface area is 122 Å². The Morgan fingerprint density at radius 1 is 1.30 bits per heavy atom. The molecule has 1 aromatic carbocycles. The summed E-state index contributed by atoms with van der Waals surface area (Å²) in [7, 11) is 3.93. The smallest absolute Gasteiger partial charge is 0.224 e. The molecule has 0 bridgehead atoms. The van der Waals surface area contributed by atoms with E-state index in [1.54, 1.807) is 0 Å². The standard InChI is InChI=1S/C16H27N3O/c1-12(2)9-13(11-17)10-16(20)18-14-7-5-6-8-15(14)19(3)4/h5-8,12-13H,9-11,17H2,1-4H3,(H,18,20)/t13-/m0/s1. The molecule has 0 spiro atoms. The number of hydrogen-bond donors (Lipinski definition) is 2. The first-order valence-electron chi connectivity index (χ1n) is 7.20. The highest BCUT2D eigenvalue weighted by Gasteiger charge is 2.15. The molecule has 0 fully saturated rings. The Kier molecular flexibility index (Phi) is 6.52. The first kappa shape index (κ1) is 16.5. The molecule has 0 saturated heterocycles. The minimum Gasteiger partial charge on any atom is -0.376 e. The van der Waals surface area contributed by atoms with Crippen LogP contribution in [-0.2, 0) is 4.79 Å². The lowest BCUT2D eigenvalue weighted by atomic mass is 9.94. The number of hydrogen-bond acceptors (Lipinski definition) is 3. The normalized spacial score (nSPS) is 12.3. The fourth-order valence-corrected chi connectivity index (χ4v) is 2.36. The van der Waals surface area contributed by atoms with E-state index < -0.39 is 0 Å². The fourth-order valence-electron chi connectivity index (χ4n) is 2.36. The zero-order valence-electron chi connectivity index (χ0n) is 13.0. The summed E-state index contributed by atoms with van der Waals surface area (Å²) in [4.78, 5) is 14.1. The molecule has 20 heavy (non-hydrogen) atoms. The predicted molar refractivity (Wildman–Crippen MR) is 86.0 cm³/mol. The van der Waals surface area contributed by atoms with Crippen LogP contribution in [0.4, 0.5) is 11.4 Å². The highest BCUT2D eigenvalue weighted by atomic mass is 16.1. The van der Waals surface area contributed by atoms with Crippen LogP contribution in [0, 0.1) is 11.8 Å². The van der Waals surface area contributed by atoms with Crippen LogP contribution in [-0.4, -0.2) is 26.5 Å². The third-order valence-electron chi connectivity index (χ3n) is 3.27. The molecule has 1 rings (SSSR count). The van der Waals surface area contributed by atoms with Gasteiger partial charge in [-0.1, -0.05) is 26.0 Å².